The van der Waals surface area contributed by atoms with E-state index in [1.54, 1.807) is 5.92 Å². The van der Waals surface area contributed by atoms with E-state index in [4.69, 9.17) is 4.43 Å². The van der Waals surface area contributed by atoms with Gasteiger partial charge in [-0.3, -0.25) is 0 Å². The van der Waals surface area contributed by atoms with E-state index in [2.05, 4.69) is 34.6 Å². The molecular weight excluding hydrogens is 260 g/mol. The van der Waals surface area contributed by atoms with Crippen molar-refractivity contribution in [2.24, 2.45) is 16.7 Å². The Morgan fingerprint density at radius 3 is 2.45 bits per heavy atom. The highest BCUT2D eigenvalue weighted by molar-refractivity contribution is 5.98. The average Bonchev–Trinajstić information content (AvgIpc) is 2.41. The maximum absolute atomic E-state index is 5.68. The van der Waals surface area contributed by atoms with E-state index in [9.17, 15) is 0 Å². The molecule has 0 aromatic heterocycles. The number of hydrogen-bond acceptors (Lipinski definition) is 1. The normalized spacial score (nSPS) is 25.9. The fourth-order valence-electron chi connectivity index (χ4n) is 4.59. The Morgan fingerprint density at radius 2 is 1.85 bits per heavy atom. The maximum Gasteiger partial charge on any atom is 0.145 e. The lowest BCUT2D eigenvalue weighted by molar-refractivity contribution is 0.0525. The third-order valence-corrected chi connectivity index (χ3v) is 5.95. The van der Waals surface area contributed by atoms with Crippen LogP contribution in [0.3, 0.4) is 0 Å². The topological polar surface area (TPSA) is 9.23 Å². The largest absolute Gasteiger partial charge is 0.427 e. The first-order chi connectivity index (χ1) is 9.36. The highest BCUT2D eigenvalue weighted by atomic mass is 28.2. The van der Waals surface area contributed by atoms with Crippen LogP contribution in [0.4, 0.5) is 0 Å². The van der Waals surface area contributed by atoms with Gasteiger partial charge in [-0.2, -0.15) is 0 Å². The molecule has 0 spiro atoms. The number of hydrogen-bond donors (Lipinski definition) is 0. The Labute approximate surface area is 130 Å². The Hall–Kier alpha value is 0.177. The Balaban J connectivity index is 3.00. The zero-order chi connectivity index (χ0) is 15.2. The summed E-state index contributed by atoms with van der Waals surface area (Å²) in [6.07, 6.45) is 10.9. The summed E-state index contributed by atoms with van der Waals surface area (Å²) >= 11 is 0. The fourth-order valence-corrected chi connectivity index (χ4v) is 4.94. The van der Waals surface area contributed by atoms with E-state index < -0.39 is 0 Å². The van der Waals surface area contributed by atoms with Crippen molar-refractivity contribution in [2.75, 3.05) is 6.61 Å². The van der Waals surface area contributed by atoms with Gasteiger partial charge in [0.2, 0.25) is 0 Å². The minimum atomic E-state index is 0.327. The zero-order valence-electron chi connectivity index (χ0n) is 14.8. The van der Waals surface area contributed by atoms with Crippen LogP contribution in [-0.2, 0) is 4.43 Å². The molecule has 0 N–H and O–H groups in total. The third kappa shape index (κ3) is 4.59. The monoisotopic (exact) mass is 297 g/mol. The highest BCUT2D eigenvalue weighted by Gasteiger charge is 2.44. The fraction of sp³-hybridized carbons (Fsp3) is 0.944. The van der Waals surface area contributed by atoms with Crippen molar-refractivity contribution < 1.29 is 4.43 Å². The molecule has 1 unspecified atom stereocenters. The van der Waals surface area contributed by atoms with E-state index in [0.717, 1.165) is 23.0 Å². The lowest BCUT2D eigenvalue weighted by Crippen LogP contribution is -2.41. The number of rotatable bonds is 5. The van der Waals surface area contributed by atoms with Crippen LogP contribution in [0.5, 0.6) is 0 Å². The molecule has 0 aliphatic heterocycles. The predicted octanol–water partition coefficient (Wildman–Crippen LogP) is 4.68. The van der Waals surface area contributed by atoms with Crippen LogP contribution >= 0.6 is 0 Å². The van der Waals surface area contributed by atoms with Gasteiger partial charge in [-0.1, -0.05) is 66.7 Å². The van der Waals surface area contributed by atoms with E-state index in [-0.39, 0.29) is 0 Å². The Morgan fingerprint density at radius 1 is 1.20 bits per heavy atom. The summed E-state index contributed by atoms with van der Waals surface area (Å²) in [4.78, 5) is 0. The molecule has 1 radical (unpaired) electrons. The van der Waals surface area contributed by atoms with E-state index in [0.29, 0.717) is 10.8 Å². The first-order valence-electron chi connectivity index (χ1n) is 8.70. The van der Waals surface area contributed by atoms with Gasteiger partial charge in [-0.05, 0) is 36.0 Å². The van der Waals surface area contributed by atoms with E-state index in [1.165, 1.54) is 51.4 Å². The summed E-state index contributed by atoms with van der Waals surface area (Å²) in [5, 5.41) is 0. The molecule has 0 aromatic rings. The zero-order valence-corrected chi connectivity index (χ0v) is 16.8. The molecule has 1 rings (SSSR count). The first kappa shape index (κ1) is 18.2. The first-order valence-corrected chi connectivity index (χ1v) is 9.52. The smallest absolute Gasteiger partial charge is 0.145 e. The lowest BCUT2D eigenvalue weighted by Gasteiger charge is -2.48. The van der Waals surface area contributed by atoms with Crippen molar-refractivity contribution >= 4 is 10.5 Å². The second kappa shape index (κ2) is 7.98. The molecule has 0 bridgehead atoms. The van der Waals surface area contributed by atoms with Crippen LogP contribution in [0.15, 0.2) is 0 Å². The van der Waals surface area contributed by atoms with Gasteiger partial charge >= 0.3 is 0 Å². The molecular formula is C18H37OSi. The van der Waals surface area contributed by atoms with Crippen molar-refractivity contribution in [3.63, 3.8) is 0 Å². The van der Waals surface area contributed by atoms with Crippen molar-refractivity contribution in [3.05, 3.63) is 5.92 Å². The second-order valence-corrected chi connectivity index (χ2v) is 8.58. The van der Waals surface area contributed by atoms with Gasteiger partial charge in [-0.25, -0.2) is 0 Å². The molecule has 1 saturated carbocycles. The lowest BCUT2D eigenvalue weighted by atomic mass is 9.57. The van der Waals surface area contributed by atoms with Crippen LogP contribution < -0.4 is 0 Å². The average molecular weight is 298 g/mol. The molecule has 1 aliphatic carbocycles. The molecule has 1 aliphatic rings. The van der Waals surface area contributed by atoms with Crippen LogP contribution in [-0.4, -0.2) is 17.1 Å². The van der Waals surface area contributed by atoms with Gasteiger partial charge in [-0.15, -0.1) is 0 Å². The molecule has 0 aromatic carbocycles. The van der Waals surface area contributed by atoms with Crippen LogP contribution in [0, 0.1) is 22.7 Å². The molecule has 0 amide bonds. The third-order valence-electron chi connectivity index (χ3n) is 5.66. The van der Waals surface area contributed by atoms with Gasteiger partial charge in [0.25, 0.3) is 0 Å². The van der Waals surface area contributed by atoms with Crippen molar-refractivity contribution in [2.45, 2.75) is 86.0 Å². The van der Waals surface area contributed by atoms with Gasteiger partial charge < -0.3 is 4.43 Å². The summed E-state index contributed by atoms with van der Waals surface area (Å²) in [5.74, 6) is 2.48. The van der Waals surface area contributed by atoms with Gasteiger partial charge in [0.05, 0.1) is 0 Å². The van der Waals surface area contributed by atoms with Gasteiger partial charge in [0.1, 0.15) is 10.5 Å². The van der Waals surface area contributed by atoms with Crippen LogP contribution in [0.1, 0.15) is 86.0 Å². The molecule has 20 heavy (non-hydrogen) atoms. The Kier molecular flexibility index (Phi) is 7.27. The maximum atomic E-state index is 5.68. The van der Waals surface area contributed by atoms with Gasteiger partial charge in [0.15, 0.2) is 0 Å². The summed E-state index contributed by atoms with van der Waals surface area (Å²) in [7, 11) is 0.862. The van der Waals surface area contributed by atoms with E-state index >= 15 is 0 Å². The highest BCUT2D eigenvalue weighted by Crippen LogP contribution is 2.52. The minimum absolute atomic E-state index is 0.327. The minimum Gasteiger partial charge on any atom is -0.427 e. The molecule has 0 saturated heterocycles. The molecule has 0 heterocycles. The summed E-state index contributed by atoms with van der Waals surface area (Å²) in [6, 6.07) is 0. The SMILES string of the molecule is CCCC(C)(C)C1CCCCCC[C](CO[SiH3])C1(C)C. The van der Waals surface area contributed by atoms with E-state index in [1.807, 2.05) is 0 Å². The standard InChI is InChI=1S/C18H37OSi/c1-6-13-17(2,3)16-12-10-8-7-9-11-15(14-19-20)18(16,4)5/h16H,6-14H2,1-5,20H3. The summed E-state index contributed by atoms with van der Waals surface area (Å²) < 4.78 is 5.68. The molecule has 1 atom stereocenters. The van der Waals surface area contributed by atoms with Crippen molar-refractivity contribution in [1.82, 2.24) is 0 Å². The van der Waals surface area contributed by atoms with Crippen LogP contribution in [0.2, 0.25) is 0 Å². The molecule has 2 heteroatoms. The summed E-state index contributed by atoms with van der Waals surface area (Å²) in [6.45, 7) is 13.2. The van der Waals surface area contributed by atoms with Crippen molar-refractivity contribution in [3.8, 4) is 0 Å². The molecule has 119 valence electrons. The quantitative estimate of drug-likeness (QED) is 0.669. The predicted molar refractivity (Wildman–Crippen MR) is 92.8 cm³/mol. The van der Waals surface area contributed by atoms with Crippen molar-refractivity contribution in [1.29, 1.82) is 0 Å². The van der Waals surface area contributed by atoms with Gasteiger partial charge in [0, 0.05) is 12.5 Å². The van der Waals surface area contributed by atoms with Crippen LogP contribution in [0.25, 0.3) is 0 Å². The second-order valence-electron chi connectivity index (χ2n) is 8.00. The molecule has 1 fully saturated rings. The Bertz CT molecular complexity index is 273. The molecule has 1 nitrogen and oxygen atoms in total. The summed E-state index contributed by atoms with van der Waals surface area (Å²) in [5.41, 5.74) is 0.770.